The molecule has 0 N–H and O–H groups in total. The van der Waals surface area contributed by atoms with Gasteiger partial charge in [-0.2, -0.15) is 0 Å². The Kier molecular flexibility index (Phi) is 6.76. The molecule has 0 bridgehead atoms. The molecule has 2 heterocycles. The van der Waals surface area contributed by atoms with E-state index >= 15 is 0 Å². The summed E-state index contributed by atoms with van der Waals surface area (Å²) in [5.41, 5.74) is 9.32. The smallest absolute Gasteiger partial charge is 0.0561 e. The molecule has 0 aliphatic carbocycles. The third kappa shape index (κ3) is 4.78. The number of nitrogens with zero attached hydrogens (tertiary/aromatic N) is 2. The lowest BCUT2D eigenvalue weighted by atomic mass is 9.96. The highest BCUT2D eigenvalue weighted by Crippen LogP contribution is 2.45. The zero-order valence-corrected chi connectivity index (χ0v) is 29.6. The first-order valence-electron chi connectivity index (χ1n) is 18.1. The second-order valence-electron chi connectivity index (χ2n) is 13.7. The van der Waals surface area contributed by atoms with Crippen molar-refractivity contribution in [2.45, 2.75) is 0 Å². The molecular weight excluding hydrogens is 661 g/mol. The summed E-state index contributed by atoms with van der Waals surface area (Å²) >= 11 is 1.88. The fourth-order valence-corrected chi connectivity index (χ4v) is 9.51. The van der Waals surface area contributed by atoms with Crippen LogP contribution in [0, 0.1) is 0 Å². The fraction of sp³-hybridized carbons (Fsp3) is 0. The van der Waals surface area contributed by atoms with E-state index in [9.17, 15) is 0 Å². The molecule has 0 aliphatic rings. The van der Waals surface area contributed by atoms with Gasteiger partial charge in [0.2, 0.25) is 0 Å². The van der Waals surface area contributed by atoms with Crippen LogP contribution in [0.1, 0.15) is 0 Å². The van der Waals surface area contributed by atoms with Crippen molar-refractivity contribution in [3.05, 3.63) is 194 Å². The van der Waals surface area contributed by atoms with Gasteiger partial charge < -0.3 is 9.47 Å². The quantitative estimate of drug-likeness (QED) is 0.174. The highest BCUT2D eigenvalue weighted by Gasteiger charge is 2.20. The minimum atomic E-state index is 1.11. The fourth-order valence-electron chi connectivity index (χ4n) is 8.35. The number of rotatable bonds is 5. The van der Waals surface area contributed by atoms with Gasteiger partial charge in [0, 0.05) is 53.7 Å². The zero-order chi connectivity index (χ0) is 34.9. The second kappa shape index (κ2) is 11.9. The van der Waals surface area contributed by atoms with E-state index in [1.54, 1.807) is 0 Å². The molecule has 11 aromatic rings. The summed E-state index contributed by atoms with van der Waals surface area (Å²) in [4.78, 5) is 2.45. The van der Waals surface area contributed by atoms with E-state index in [1.165, 1.54) is 74.6 Å². The molecule has 0 spiro atoms. The Bertz CT molecular complexity index is 3170. The molecule has 0 atom stereocenters. The van der Waals surface area contributed by atoms with Gasteiger partial charge in [-0.1, -0.05) is 133 Å². The molecule has 0 saturated carbocycles. The Labute approximate surface area is 311 Å². The number of para-hydroxylation sites is 2. The second-order valence-corrected chi connectivity index (χ2v) is 14.8. The van der Waals surface area contributed by atoms with Crippen molar-refractivity contribution in [3.8, 4) is 16.8 Å². The standard InChI is InChI=1S/C50H32N2S/c1-3-13-33(14-4-1)45-30-39(29-35-16-8-9-19-40(35)45)51(38-25-27-44-49(32-38)53-48-28-23-34-15-7-10-20-41(34)50(44)48)37-24-26-43-42-21-11-12-22-46(42)52(47(43)31-37)36-17-5-2-6-18-36/h1-32H. The summed E-state index contributed by atoms with van der Waals surface area (Å²) in [6, 6.07) is 71.0. The molecule has 2 nitrogen and oxygen atoms in total. The number of aromatic nitrogens is 1. The molecule has 11 rings (SSSR count). The molecule has 3 heteroatoms. The van der Waals surface area contributed by atoms with Crippen molar-refractivity contribution < 1.29 is 0 Å². The maximum absolute atomic E-state index is 2.45. The van der Waals surface area contributed by atoms with E-state index in [1.807, 2.05) is 11.3 Å². The number of hydrogen-bond acceptors (Lipinski definition) is 2. The van der Waals surface area contributed by atoms with E-state index < -0.39 is 0 Å². The molecule has 9 aromatic carbocycles. The first kappa shape index (κ1) is 30.0. The third-order valence-corrected chi connectivity index (χ3v) is 11.8. The third-order valence-electron chi connectivity index (χ3n) is 10.7. The van der Waals surface area contributed by atoms with E-state index in [4.69, 9.17) is 0 Å². The lowest BCUT2D eigenvalue weighted by Gasteiger charge is -2.27. The maximum Gasteiger partial charge on any atom is 0.0561 e. The number of fused-ring (bicyclic) bond motifs is 9. The average molecular weight is 693 g/mol. The van der Waals surface area contributed by atoms with Gasteiger partial charge in [0.15, 0.2) is 0 Å². The van der Waals surface area contributed by atoms with E-state index in [0.29, 0.717) is 0 Å². The molecule has 53 heavy (non-hydrogen) atoms. The summed E-state index contributed by atoms with van der Waals surface area (Å²) in [7, 11) is 0. The summed E-state index contributed by atoms with van der Waals surface area (Å²) in [6.07, 6.45) is 0. The molecule has 0 saturated heterocycles. The normalized spacial score (nSPS) is 11.8. The van der Waals surface area contributed by atoms with Crippen LogP contribution in [0.4, 0.5) is 17.1 Å². The van der Waals surface area contributed by atoms with Gasteiger partial charge in [-0.15, -0.1) is 11.3 Å². The van der Waals surface area contributed by atoms with Crippen LogP contribution < -0.4 is 4.90 Å². The van der Waals surface area contributed by atoms with Crippen LogP contribution in [0.3, 0.4) is 0 Å². The van der Waals surface area contributed by atoms with Crippen LogP contribution in [-0.4, -0.2) is 4.57 Å². The predicted octanol–water partition coefficient (Wildman–Crippen LogP) is 14.6. The number of benzene rings is 9. The zero-order valence-electron chi connectivity index (χ0n) is 28.8. The van der Waals surface area contributed by atoms with Crippen molar-refractivity contribution in [2.24, 2.45) is 0 Å². The van der Waals surface area contributed by atoms with Crippen molar-refractivity contribution >= 4 is 91.9 Å². The Morgan fingerprint density at radius 1 is 0.377 bits per heavy atom. The lowest BCUT2D eigenvalue weighted by molar-refractivity contribution is 1.18. The van der Waals surface area contributed by atoms with E-state index in [0.717, 1.165) is 22.7 Å². The van der Waals surface area contributed by atoms with Crippen LogP contribution in [0.15, 0.2) is 194 Å². The highest BCUT2D eigenvalue weighted by atomic mass is 32.1. The minimum Gasteiger partial charge on any atom is -0.310 e. The SMILES string of the molecule is c1ccc(-c2cc(N(c3ccc4c(c3)sc3ccc5ccccc5c34)c3ccc4c5ccccc5n(-c5ccccc5)c4c3)cc3ccccc23)cc1. The largest absolute Gasteiger partial charge is 0.310 e. The summed E-state index contributed by atoms with van der Waals surface area (Å²) in [5.74, 6) is 0. The first-order valence-corrected chi connectivity index (χ1v) is 18.9. The Balaban J connectivity index is 1.20. The maximum atomic E-state index is 2.45. The van der Waals surface area contributed by atoms with Gasteiger partial charge in [-0.25, -0.2) is 0 Å². The van der Waals surface area contributed by atoms with Gasteiger partial charge >= 0.3 is 0 Å². The van der Waals surface area contributed by atoms with Crippen LogP contribution in [0.2, 0.25) is 0 Å². The average Bonchev–Trinajstić information content (AvgIpc) is 3.77. The molecule has 0 amide bonds. The van der Waals surface area contributed by atoms with E-state index in [-0.39, 0.29) is 0 Å². The molecule has 0 radical (unpaired) electrons. The first-order chi connectivity index (χ1) is 26.3. The number of thiophene rings is 1. The van der Waals surface area contributed by atoms with Crippen molar-refractivity contribution in [1.82, 2.24) is 4.57 Å². The van der Waals surface area contributed by atoms with Crippen LogP contribution in [0.25, 0.3) is 80.3 Å². The Morgan fingerprint density at radius 3 is 1.85 bits per heavy atom. The molecule has 0 unspecified atom stereocenters. The lowest BCUT2D eigenvalue weighted by Crippen LogP contribution is -2.10. The van der Waals surface area contributed by atoms with Gasteiger partial charge in [0.1, 0.15) is 0 Å². The summed E-state index contributed by atoms with van der Waals surface area (Å²) < 4.78 is 5.00. The summed E-state index contributed by atoms with van der Waals surface area (Å²) in [6.45, 7) is 0. The van der Waals surface area contributed by atoms with Crippen molar-refractivity contribution in [3.63, 3.8) is 0 Å². The highest BCUT2D eigenvalue weighted by molar-refractivity contribution is 7.26. The van der Waals surface area contributed by atoms with Crippen molar-refractivity contribution in [2.75, 3.05) is 4.90 Å². The predicted molar refractivity (Wildman–Crippen MR) is 229 cm³/mol. The molecular formula is C50H32N2S. The van der Waals surface area contributed by atoms with Gasteiger partial charge in [-0.3, -0.25) is 0 Å². The topological polar surface area (TPSA) is 8.17 Å². The Morgan fingerprint density at radius 2 is 1.02 bits per heavy atom. The van der Waals surface area contributed by atoms with Crippen molar-refractivity contribution in [1.29, 1.82) is 0 Å². The molecule has 248 valence electrons. The monoisotopic (exact) mass is 692 g/mol. The van der Waals surface area contributed by atoms with E-state index in [2.05, 4.69) is 204 Å². The molecule has 2 aromatic heterocycles. The number of hydrogen-bond donors (Lipinski definition) is 0. The number of anilines is 3. The Hall–Kier alpha value is -6.68. The van der Waals surface area contributed by atoms with Gasteiger partial charge in [0.05, 0.1) is 11.0 Å². The molecule has 0 fully saturated rings. The van der Waals surface area contributed by atoms with Crippen LogP contribution >= 0.6 is 11.3 Å². The van der Waals surface area contributed by atoms with Crippen LogP contribution in [-0.2, 0) is 0 Å². The minimum absolute atomic E-state index is 1.11. The summed E-state index contributed by atoms with van der Waals surface area (Å²) in [5, 5.41) is 10.2. The van der Waals surface area contributed by atoms with Gasteiger partial charge in [0.25, 0.3) is 0 Å². The van der Waals surface area contributed by atoms with Gasteiger partial charge in [-0.05, 0) is 93.3 Å². The molecule has 0 aliphatic heterocycles. The van der Waals surface area contributed by atoms with Crippen LogP contribution in [0.5, 0.6) is 0 Å².